The number of aryl methyl sites for hydroxylation is 2. The fourth-order valence-electron chi connectivity index (χ4n) is 2.57. The highest BCUT2D eigenvalue weighted by Crippen LogP contribution is 2.36. The van der Waals surface area contributed by atoms with E-state index in [1.165, 1.54) is 55.5 Å². The van der Waals surface area contributed by atoms with Crippen molar-refractivity contribution < 1.29 is 25.9 Å². The molecule has 14 heteroatoms. The smallest absolute Gasteiger partial charge is 0.279 e. The molecule has 0 fully saturated rings. The molecule has 0 aliphatic carbocycles. The third kappa shape index (κ3) is 5.19. The molecule has 2 aromatic carbocycles. The maximum absolute atomic E-state index is 13.2. The normalized spacial score (nSPS) is 11.5. The SMILES string of the molecule is Cc1onc(N(S(=O)(=O)c2ccccc2)S(=O)(=O)c2ccccc2)c1Br.Cc1onc(N)c1Br. The minimum atomic E-state index is -4.48. The Hall–Kier alpha value is -2.68. The number of hydrogen-bond donors (Lipinski definition) is 1. The highest BCUT2D eigenvalue weighted by Gasteiger charge is 2.40. The van der Waals surface area contributed by atoms with E-state index in [-0.39, 0.29) is 29.6 Å². The largest absolute Gasteiger partial charge is 0.380 e. The van der Waals surface area contributed by atoms with Crippen LogP contribution in [0.2, 0.25) is 0 Å². The summed E-state index contributed by atoms with van der Waals surface area (Å²) < 4.78 is 63.4. The van der Waals surface area contributed by atoms with Crippen LogP contribution in [0.4, 0.5) is 11.6 Å². The molecule has 180 valence electrons. The van der Waals surface area contributed by atoms with Gasteiger partial charge >= 0.3 is 0 Å². The quantitative estimate of drug-likeness (QED) is 0.331. The highest BCUT2D eigenvalue weighted by molar-refractivity contribution is 9.11. The molecule has 0 aliphatic heterocycles. The third-order valence-electron chi connectivity index (χ3n) is 4.28. The molecule has 0 aliphatic rings. The van der Waals surface area contributed by atoms with Crippen LogP contribution >= 0.6 is 31.9 Å². The summed E-state index contributed by atoms with van der Waals surface area (Å²) >= 11 is 6.32. The number of benzene rings is 2. The van der Waals surface area contributed by atoms with Gasteiger partial charge in [0.25, 0.3) is 20.0 Å². The molecule has 0 spiro atoms. The zero-order valence-corrected chi connectivity index (χ0v) is 22.5. The van der Waals surface area contributed by atoms with Crippen LogP contribution in [0.1, 0.15) is 11.5 Å². The van der Waals surface area contributed by atoms with Crippen LogP contribution < -0.4 is 9.44 Å². The van der Waals surface area contributed by atoms with Gasteiger partial charge in [-0.2, -0.15) is 16.8 Å². The molecule has 0 amide bonds. The Balaban J connectivity index is 0.000000343. The summed E-state index contributed by atoms with van der Waals surface area (Å²) in [7, 11) is -8.95. The first kappa shape index (κ1) is 25.9. The number of halogens is 2. The average molecular weight is 634 g/mol. The van der Waals surface area contributed by atoms with Gasteiger partial charge in [-0.1, -0.05) is 46.7 Å². The molecule has 0 atom stereocenters. The lowest BCUT2D eigenvalue weighted by molar-refractivity contribution is 0.398. The van der Waals surface area contributed by atoms with E-state index in [1.54, 1.807) is 19.1 Å². The fraction of sp³-hybridized carbons (Fsp3) is 0.100. The fourth-order valence-corrected chi connectivity index (χ4v) is 6.92. The van der Waals surface area contributed by atoms with Crippen molar-refractivity contribution in [2.45, 2.75) is 23.6 Å². The molecule has 0 unspecified atom stereocenters. The second kappa shape index (κ2) is 10.3. The lowest BCUT2D eigenvalue weighted by atomic mass is 10.4. The van der Waals surface area contributed by atoms with E-state index in [4.69, 9.17) is 10.3 Å². The van der Waals surface area contributed by atoms with Gasteiger partial charge in [-0.15, -0.1) is 3.71 Å². The van der Waals surface area contributed by atoms with Gasteiger partial charge in [-0.3, -0.25) is 0 Å². The van der Waals surface area contributed by atoms with Crippen LogP contribution in [0.15, 0.2) is 88.4 Å². The van der Waals surface area contributed by atoms with Crippen LogP contribution in [0, 0.1) is 13.8 Å². The summed E-state index contributed by atoms with van der Waals surface area (Å²) in [5.74, 6) is 0.997. The molecule has 0 saturated heterocycles. The molecule has 2 aromatic heterocycles. The molecule has 0 radical (unpaired) electrons. The highest BCUT2D eigenvalue weighted by atomic mass is 79.9. The van der Waals surface area contributed by atoms with Crippen LogP contribution in [0.3, 0.4) is 0 Å². The predicted molar refractivity (Wildman–Crippen MR) is 132 cm³/mol. The van der Waals surface area contributed by atoms with Crippen molar-refractivity contribution in [3.63, 3.8) is 0 Å². The van der Waals surface area contributed by atoms with Gasteiger partial charge in [-0.05, 0) is 70.0 Å². The number of nitrogen functional groups attached to an aromatic ring is 1. The van der Waals surface area contributed by atoms with E-state index >= 15 is 0 Å². The molecule has 0 bridgehead atoms. The number of sulfonamides is 2. The first-order valence-corrected chi connectivity index (χ1v) is 13.8. The van der Waals surface area contributed by atoms with Gasteiger partial charge < -0.3 is 14.8 Å². The summed E-state index contributed by atoms with van der Waals surface area (Å²) in [6.45, 7) is 3.32. The summed E-state index contributed by atoms with van der Waals surface area (Å²) in [5.41, 5.74) is 5.29. The van der Waals surface area contributed by atoms with Crippen LogP contribution in [0.5, 0.6) is 0 Å². The Morgan fingerprint density at radius 2 is 1.15 bits per heavy atom. The molecule has 2 heterocycles. The maximum Gasteiger partial charge on any atom is 0.279 e. The number of anilines is 2. The summed E-state index contributed by atoms with van der Waals surface area (Å²) in [4.78, 5) is -0.376. The molecule has 2 N–H and O–H groups in total. The number of rotatable bonds is 5. The topological polar surface area (TPSA) is 150 Å². The Bertz CT molecular complexity index is 1400. The number of hydrogen-bond acceptors (Lipinski definition) is 9. The van der Waals surface area contributed by atoms with E-state index in [9.17, 15) is 16.8 Å². The molecule has 10 nitrogen and oxygen atoms in total. The molecule has 4 aromatic rings. The lowest BCUT2D eigenvalue weighted by Gasteiger charge is -2.21. The van der Waals surface area contributed by atoms with Crippen molar-refractivity contribution in [3.8, 4) is 0 Å². The summed E-state index contributed by atoms with van der Waals surface area (Å²) in [6.07, 6.45) is 0. The molecular formula is C20H18Br2N4O6S2. The minimum Gasteiger partial charge on any atom is -0.380 e. The Morgan fingerprint density at radius 1 is 0.735 bits per heavy atom. The average Bonchev–Trinajstić information content (AvgIpc) is 3.30. The first-order valence-electron chi connectivity index (χ1n) is 9.37. The Kier molecular flexibility index (Phi) is 7.85. The molecular weight excluding hydrogens is 616 g/mol. The van der Waals surface area contributed by atoms with Crippen molar-refractivity contribution in [1.29, 1.82) is 0 Å². The summed E-state index contributed by atoms with van der Waals surface area (Å²) in [5, 5.41) is 7.12. The minimum absolute atomic E-state index is 0.136. The van der Waals surface area contributed by atoms with Gasteiger partial charge in [-0.25, -0.2) is 0 Å². The van der Waals surface area contributed by atoms with Gasteiger partial charge in [0.15, 0.2) is 5.82 Å². The third-order valence-corrected chi connectivity index (χ3v) is 10.3. The van der Waals surface area contributed by atoms with Crippen molar-refractivity contribution in [1.82, 2.24) is 10.3 Å². The van der Waals surface area contributed by atoms with E-state index in [0.717, 1.165) is 4.47 Å². The predicted octanol–water partition coefficient (Wildman–Crippen LogP) is 4.66. The van der Waals surface area contributed by atoms with Crippen molar-refractivity contribution in [2.75, 3.05) is 9.44 Å². The maximum atomic E-state index is 13.2. The van der Waals surface area contributed by atoms with Crippen molar-refractivity contribution in [3.05, 3.63) is 81.1 Å². The summed E-state index contributed by atoms with van der Waals surface area (Å²) in [6, 6.07) is 14.5. The van der Waals surface area contributed by atoms with E-state index in [0.29, 0.717) is 11.6 Å². The van der Waals surface area contributed by atoms with E-state index in [2.05, 4.69) is 46.7 Å². The number of nitrogens with zero attached hydrogens (tertiary/aromatic N) is 3. The zero-order valence-electron chi connectivity index (χ0n) is 17.7. The number of nitrogens with two attached hydrogens (primary N) is 1. The molecule has 4 rings (SSSR count). The second-order valence-corrected chi connectivity index (χ2v) is 12.0. The van der Waals surface area contributed by atoms with Gasteiger partial charge in [0.1, 0.15) is 20.5 Å². The number of aromatic nitrogens is 2. The molecule has 34 heavy (non-hydrogen) atoms. The Labute approximate surface area is 213 Å². The Morgan fingerprint density at radius 3 is 1.44 bits per heavy atom. The lowest BCUT2D eigenvalue weighted by Crippen LogP contribution is -2.37. The van der Waals surface area contributed by atoms with Crippen molar-refractivity contribution >= 4 is 63.5 Å². The van der Waals surface area contributed by atoms with E-state index < -0.39 is 20.0 Å². The van der Waals surface area contributed by atoms with Crippen molar-refractivity contribution in [2.24, 2.45) is 0 Å². The van der Waals surface area contributed by atoms with Crippen LogP contribution in [-0.2, 0) is 20.0 Å². The first-order chi connectivity index (χ1) is 16.0. The van der Waals surface area contributed by atoms with Gasteiger partial charge in [0.05, 0.1) is 9.79 Å². The van der Waals surface area contributed by atoms with Gasteiger partial charge in [0.2, 0.25) is 5.82 Å². The monoisotopic (exact) mass is 632 g/mol. The standard InChI is InChI=1S/C16H13BrN2O5S2.C4H5BrN2O/c1-12-15(17)16(18-24-12)19(25(20,21)13-8-4-2-5-9-13)26(22,23)14-10-6-3-7-11-14;1-2-3(5)4(6)7-8-2/h2-11H,1H3;1H3,(H2,6,7). The molecule has 0 saturated carbocycles. The van der Waals surface area contributed by atoms with E-state index in [1.807, 2.05) is 0 Å². The van der Waals surface area contributed by atoms with Crippen LogP contribution in [0.25, 0.3) is 0 Å². The second-order valence-electron chi connectivity index (χ2n) is 6.65. The zero-order chi connectivity index (χ0) is 25.1. The van der Waals surface area contributed by atoms with Crippen LogP contribution in [-0.4, -0.2) is 27.1 Å². The van der Waals surface area contributed by atoms with Gasteiger partial charge in [0, 0.05) is 0 Å².